The van der Waals surface area contributed by atoms with Crippen LogP contribution in [0.2, 0.25) is 0 Å². The predicted octanol–water partition coefficient (Wildman–Crippen LogP) is 20.8. The molecule has 4 nitrogen and oxygen atoms in total. The van der Waals surface area contributed by atoms with Crippen molar-refractivity contribution in [3.63, 3.8) is 0 Å². The van der Waals surface area contributed by atoms with Gasteiger partial charge in [0.15, 0.2) is 0 Å². The van der Waals surface area contributed by atoms with Crippen LogP contribution in [0.4, 0.5) is 0 Å². The van der Waals surface area contributed by atoms with Crippen LogP contribution in [0, 0.1) is 0 Å². The first-order chi connectivity index (χ1) is 40.7. The van der Waals surface area contributed by atoms with Crippen LogP contribution in [0.1, 0.15) is 0 Å². The van der Waals surface area contributed by atoms with E-state index in [1.807, 2.05) is 0 Å². The second-order valence-electron chi connectivity index (χ2n) is 22.3. The van der Waals surface area contributed by atoms with Crippen molar-refractivity contribution in [2.45, 2.75) is 0 Å². The van der Waals surface area contributed by atoms with E-state index in [-0.39, 0.29) is 0 Å². The van der Waals surface area contributed by atoms with Crippen molar-refractivity contribution < 1.29 is 0 Å². The molecule has 0 saturated carbocycles. The number of rotatable bonds is 6. The predicted molar refractivity (Wildman–Crippen MR) is 346 cm³/mol. The number of hydrogen-bond donors (Lipinski definition) is 0. The first-order valence-corrected chi connectivity index (χ1v) is 28.4. The Balaban J connectivity index is 0.976. The van der Waals surface area contributed by atoms with Crippen molar-refractivity contribution in [3.8, 4) is 55.9 Å². The molecule has 6 heterocycles. The van der Waals surface area contributed by atoms with Gasteiger partial charge >= 0.3 is 0 Å². The van der Waals surface area contributed by atoms with Crippen LogP contribution in [0.25, 0.3) is 176 Å². The van der Waals surface area contributed by atoms with Gasteiger partial charge in [0.05, 0.1) is 55.2 Å². The molecule has 4 heteroatoms. The van der Waals surface area contributed by atoms with Crippen LogP contribution in [0.15, 0.2) is 279 Å². The van der Waals surface area contributed by atoms with Gasteiger partial charge in [-0.2, -0.15) is 0 Å². The molecule has 0 saturated heterocycles. The smallest absolute Gasteiger partial charge is 0.0634 e. The highest BCUT2D eigenvalue weighted by molar-refractivity contribution is 6.38. The molecule has 0 aliphatic carbocycles. The molecule has 0 spiro atoms. The summed E-state index contributed by atoms with van der Waals surface area (Å²) in [6.45, 7) is 0. The summed E-state index contributed by atoms with van der Waals surface area (Å²) in [5.41, 5.74) is 24.1. The van der Waals surface area contributed by atoms with Crippen molar-refractivity contribution in [1.29, 1.82) is 0 Å². The zero-order valence-electron chi connectivity index (χ0n) is 44.3. The van der Waals surface area contributed by atoms with Gasteiger partial charge in [0, 0.05) is 87.1 Å². The summed E-state index contributed by atoms with van der Waals surface area (Å²) >= 11 is 0. The number of fused-ring (bicyclic) bond motifs is 18. The highest BCUT2D eigenvalue weighted by Crippen LogP contribution is 2.55. The van der Waals surface area contributed by atoms with Crippen LogP contribution in [0.5, 0.6) is 0 Å². The number of nitrogens with zero attached hydrogens (tertiary/aromatic N) is 4. The van der Waals surface area contributed by atoms with Gasteiger partial charge in [-0.3, -0.25) is 0 Å². The lowest BCUT2D eigenvalue weighted by Crippen LogP contribution is -1.93. The summed E-state index contributed by atoms with van der Waals surface area (Å²) in [5, 5.41) is 15.0. The zero-order chi connectivity index (χ0) is 53.3. The number of benzene rings is 13. The summed E-state index contributed by atoms with van der Waals surface area (Å²) in [6, 6.07) is 104. The van der Waals surface area contributed by atoms with E-state index < -0.39 is 0 Å². The highest BCUT2D eigenvalue weighted by Gasteiger charge is 2.32. The summed E-state index contributed by atoms with van der Waals surface area (Å²) < 4.78 is 10.1. The lowest BCUT2D eigenvalue weighted by Gasteiger charge is -2.16. The van der Waals surface area contributed by atoms with Crippen LogP contribution in [-0.4, -0.2) is 17.9 Å². The lowest BCUT2D eigenvalue weighted by atomic mass is 9.88. The Hall–Kier alpha value is -10.9. The van der Waals surface area contributed by atoms with Crippen molar-refractivity contribution in [3.05, 3.63) is 279 Å². The molecule has 0 aliphatic rings. The molecule has 13 aromatic carbocycles. The second-order valence-corrected chi connectivity index (χ2v) is 22.3. The Kier molecular flexibility index (Phi) is 8.76. The third-order valence-electron chi connectivity index (χ3n) is 18.1. The summed E-state index contributed by atoms with van der Waals surface area (Å²) in [5.74, 6) is 0. The monoisotopic (exact) mass is 1040 g/mol. The number of para-hydroxylation sites is 6. The summed E-state index contributed by atoms with van der Waals surface area (Å²) in [6.07, 6.45) is 0. The van der Waals surface area contributed by atoms with Gasteiger partial charge < -0.3 is 17.9 Å². The average molecular weight is 1040 g/mol. The second kappa shape index (κ2) is 16.3. The number of hydrogen-bond acceptors (Lipinski definition) is 0. The highest BCUT2D eigenvalue weighted by atomic mass is 15.0. The molecule has 0 atom stereocenters. The van der Waals surface area contributed by atoms with Crippen LogP contribution in [-0.2, 0) is 0 Å². The summed E-state index contributed by atoms with van der Waals surface area (Å²) in [4.78, 5) is 0. The van der Waals surface area contributed by atoms with E-state index in [4.69, 9.17) is 0 Å². The van der Waals surface area contributed by atoms with E-state index in [0.29, 0.717) is 0 Å². The van der Waals surface area contributed by atoms with Gasteiger partial charge in [-0.25, -0.2) is 0 Å². The van der Waals surface area contributed by atoms with E-state index in [9.17, 15) is 0 Å². The van der Waals surface area contributed by atoms with E-state index in [0.717, 1.165) is 11.4 Å². The van der Waals surface area contributed by atoms with Crippen molar-refractivity contribution in [1.82, 2.24) is 17.9 Å². The third kappa shape index (κ3) is 5.79. The van der Waals surface area contributed by atoms with Gasteiger partial charge in [-0.15, -0.1) is 0 Å². The van der Waals surface area contributed by atoms with Gasteiger partial charge in [-0.05, 0) is 130 Å². The molecule has 0 N–H and O–H groups in total. The standard InChI is InChI=1S/C78H46N4/c1-5-21-47(22-6-1)71-73-63-45-51(49-37-39-69-59(41-49)55-29-13-17-33-65(55)79(69)53-25-9-3-10-26-53)43-61-58-32-16-20-36-68(58)82(75(61)63)78(73)72(48-23-7-2-8-24-48)74-64-46-52(44-62-57-31-15-19-35-67(57)81(76(62)64)77(71)74)50-38-40-70-60(42-50)56-30-14-18-34-66(56)80(70)54-27-11-4-12-28-54/h1-46H. The zero-order valence-corrected chi connectivity index (χ0v) is 44.3. The minimum absolute atomic E-state index is 1.16. The Morgan fingerprint density at radius 1 is 0.183 bits per heavy atom. The van der Waals surface area contributed by atoms with Gasteiger partial charge in [0.25, 0.3) is 0 Å². The first-order valence-electron chi connectivity index (χ1n) is 28.4. The molecule has 19 aromatic rings. The van der Waals surface area contributed by atoms with E-state index in [1.165, 1.54) is 164 Å². The fourth-order valence-electron chi connectivity index (χ4n) is 14.9. The van der Waals surface area contributed by atoms with E-state index in [1.54, 1.807) is 0 Å². The quantitative estimate of drug-likeness (QED) is 0.158. The molecule has 0 bridgehead atoms. The molecule has 6 aromatic heterocycles. The van der Waals surface area contributed by atoms with E-state index >= 15 is 0 Å². The Morgan fingerprint density at radius 3 is 0.890 bits per heavy atom. The molecule has 0 unspecified atom stereocenters. The first kappa shape index (κ1) is 44.0. The van der Waals surface area contributed by atoms with Gasteiger partial charge in [-0.1, -0.05) is 182 Å². The molecule has 0 amide bonds. The molecule has 378 valence electrons. The Labute approximate surface area is 470 Å². The van der Waals surface area contributed by atoms with Crippen LogP contribution in [0.3, 0.4) is 0 Å². The van der Waals surface area contributed by atoms with Crippen molar-refractivity contribution >= 4 is 120 Å². The summed E-state index contributed by atoms with van der Waals surface area (Å²) in [7, 11) is 0. The molecule has 0 fully saturated rings. The van der Waals surface area contributed by atoms with Crippen LogP contribution < -0.4 is 0 Å². The average Bonchev–Trinajstić information content (AvgIpc) is 2.21. The fraction of sp³-hybridized carbons (Fsp3) is 0. The minimum atomic E-state index is 1.16. The van der Waals surface area contributed by atoms with E-state index in [2.05, 4.69) is 297 Å². The third-order valence-corrected chi connectivity index (χ3v) is 18.1. The van der Waals surface area contributed by atoms with Crippen molar-refractivity contribution in [2.75, 3.05) is 0 Å². The minimum Gasteiger partial charge on any atom is -0.309 e. The van der Waals surface area contributed by atoms with Gasteiger partial charge in [0.1, 0.15) is 0 Å². The molecule has 0 aliphatic heterocycles. The Morgan fingerprint density at radius 2 is 0.488 bits per heavy atom. The fourth-order valence-corrected chi connectivity index (χ4v) is 14.9. The molecule has 19 rings (SSSR count). The maximum absolute atomic E-state index is 2.63. The molecular weight excluding hydrogens is 993 g/mol. The molecule has 0 radical (unpaired) electrons. The topological polar surface area (TPSA) is 18.7 Å². The maximum Gasteiger partial charge on any atom is 0.0634 e. The van der Waals surface area contributed by atoms with Gasteiger partial charge in [0.2, 0.25) is 0 Å². The van der Waals surface area contributed by atoms with Crippen molar-refractivity contribution in [2.24, 2.45) is 0 Å². The lowest BCUT2D eigenvalue weighted by molar-refractivity contribution is 1.18. The SMILES string of the molecule is c1ccc(-c2c3c4cc(-c5ccc6c(c5)c5ccccc5n6-c5ccccc5)cc5c6ccccc6n(c3c(-c3ccccc3)c3c6cc(-c7ccc8c(c7)c7ccccc7n8-c7ccccc7)cc7c8ccccc8n(c23)c76)c54)cc1. The normalized spacial score (nSPS) is 12.4. The van der Waals surface area contributed by atoms with Crippen LogP contribution >= 0.6 is 0 Å². The Bertz CT molecular complexity index is 5480. The maximum atomic E-state index is 2.63. The number of aromatic nitrogens is 4. The largest absolute Gasteiger partial charge is 0.309 e. The molecule has 82 heavy (non-hydrogen) atoms. The molecular formula is C78H46N4.